The Labute approximate surface area is 88.9 Å². The normalized spacial score (nSPS) is 12.3. The molecule has 15 heavy (non-hydrogen) atoms. The van der Waals surface area contributed by atoms with Gasteiger partial charge in [-0.05, 0) is 13.3 Å². The van der Waals surface area contributed by atoms with Crippen LogP contribution in [0.4, 0.5) is 11.6 Å². The van der Waals surface area contributed by atoms with Gasteiger partial charge in [0.1, 0.15) is 17.5 Å². The van der Waals surface area contributed by atoms with E-state index in [1.165, 1.54) is 0 Å². The fraction of sp³-hybridized carbons (Fsp3) is 0.556. The predicted octanol–water partition coefficient (Wildman–Crippen LogP) is 0.253. The van der Waals surface area contributed by atoms with Gasteiger partial charge in [0.25, 0.3) is 0 Å². The van der Waals surface area contributed by atoms with Crippen LogP contribution in [0, 0.1) is 6.92 Å². The van der Waals surface area contributed by atoms with Crippen LogP contribution in [0.1, 0.15) is 19.2 Å². The van der Waals surface area contributed by atoms with Gasteiger partial charge in [0.2, 0.25) is 0 Å². The van der Waals surface area contributed by atoms with E-state index in [1.807, 2.05) is 6.92 Å². The molecule has 0 aliphatic carbocycles. The van der Waals surface area contributed by atoms with Crippen molar-refractivity contribution in [3.05, 3.63) is 11.9 Å². The molecule has 0 aromatic carbocycles. The molecule has 0 aliphatic rings. The van der Waals surface area contributed by atoms with Gasteiger partial charge in [-0.25, -0.2) is 15.8 Å². The number of rotatable bonds is 5. The van der Waals surface area contributed by atoms with E-state index in [4.69, 9.17) is 10.9 Å². The van der Waals surface area contributed by atoms with Gasteiger partial charge in [-0.3, -0.25) is 0 Å². The number of aromatic nitrogens is 2. The van der Waals surface area contributed by atoms with Crippen molar-refractivity contribution in [1.82, 2.24) is 9.97 Å². The lowest BCUT2D eigenvalue weighted by atomic mass is 10.2. The molecular formula is C9H17N5O. The Morgan fingerprint density at radius 1 is 1.47 bits per heavy atom. The molecule has 1 rings (SSSR count). The van der Waals surface area contributed by atoms with E-state index in [-0.39, 0.29) is 12.6 Å². The van der Waals surface area contributed by atoms with Gasteiger partial charge in [-0.1, -0.05) is 6.92 Å². The maximum absolute atomic E-state index is 9.04. The van der Waals surface area contributed by atoms with Crippen LogP contribution in [-0.2, 0) is 0 Å². The summed E-state index contributed by atoms with van der Waals surface area (Å²) in [6, 6.07) is 1.70. The van der Waals surface area contributed by atoms with Crippen molar-refractivity contribution in [1.29, 1.82) is 0 Å². The molecule has 6 heteroatoms. The van der Waals surface area contributed by atoms with Gasteiger partial charge in [0.05, 0.1) is 12.6 Å². The van der Waals surface area contributed by atoms with Crippen LogP contribution in [0.2, 0.25) is 0 Å². The van der Waals surface area contributed by atoms with Crippen molar-refractivity contribution >= 4 is 11.6 Å². The Morgan fingerprint density at radius 2 is 2.13 bits per heavy atom. The number of aryl methyl sites for hydroxylation is 1. The highest BCUT2D eigenvalue weighted by atomic mass is 16.3. The number of hydrogen-bond acceptors (Lipinski definition) is 6. The molecule has 1 unspecified atom stereocenters. The van der Waals surface area contributed by atoms with Gasteiger partial charge in [0.15, 0.2) is 0 Å². The molecule has 5 N–H and O–H groups in total. The number of nitrogens with two attached hydrogens (primary N) is 1. The second kappa shape index (κ2) is 5.47. The van der Waals surface area contributed by atoms with E-state index in [0.717, 1.165) is 6.42 Å². The van der Waals surface area contributed by atoms with Crippen LogP contribution in [0.3, 0.4) is 0 Å². The number of aliphatic hydroxyl groups excluding tert-OH is 1. The summed E-state index contributed by atoms with van der Waals surface area (Å²) in [6.07, 6.45) is 0.824. The number of hydrazine groups is 1. The van der Waals surface area contributed by atoms with Gasteiger partial charge in [-0.2, -0.15) is 0 Å². The van der Waals surface area contributed by atoms with Crippen LogP contribution in [0.15, 0.2) is 6.07 Å². The first-order valence-electron chi connectivity index (χ1n) is 4.89. The highest BCUT2D eigenvalue weighted by Crippen LogP contribution is 2.11. The molecule has 0 spiro atoms. The van der Waals surface area contributed by atoms with Crippen molar-refractivity contribution in [2.45, 2.75) is 26.3 Å². The minimum Gasteiger partial charge on any atom is -0.394 e. The summed E-state index contributed by atoms with van der Waals surface area (Å²) < 4.78 is 0. The van der Waals surface area contributed by atoms with Gasteiger partial charge in [0, 0.05) is 6.07 Å². The average molecular weight is 211 g/mol. The number of nitrogens with zero attached hydrogens (tertiary/aromatic N) is 2. The molecule has 1 aromatic heterocycles. The smallest absolute Gasteiger partial charge is 0.145 e. The number of hydrogen-bond donors (Lipinski definition) is 4. The Balaban J connectivity index is 2.79. The van der Waals surface area contributed by atoms with Crippen LogP contribution in [-0.4, -0.2) is 27.7 Å². The Hall–Kier alpha value is -1.40. The van der Waals surface area contributed by atoms with E-state index in [0.29, 0.717) is 17.5 Å². The molecule has 1 aromatic rings. The van der Waals surface area contributed by atoms with Crippen molar-refractivity contribution in [2.24, 2.45) is 5.84 Å². The molecule has 0 saturated heterocycles. The van der Waals surface area contributed by atoms with Gasteiger partial charge < -0.3 is 15.8 Å². The van der Waals surface area contributed by atoms with Crippen molar-refractivity contribution in [2.75, 3.05) is 17.3 Å². The minimum absolute atomic E-state index is 0.00456. The molecule has 0 aliphatic heterocycles. The first kappa shape index (κ1) is 11.7. The Kier molecular flexibility index (Phi) is 4.26. The lowest BCUT2D eigenvalue weighted by Gasteiger charge is -2.15. The second-order valence-electron chi connectivity index (χ2n) is 3.26. The van der Waals surface area contributed by atoms with E-state index in [9.17, 15) is 0 Å². The fourth-order valence-electron chi connectivity index (χ4n) is 1.20. The molecule has 0 amide bonds. The van der Waals surface area contributed by atoms with Crippen molar-refractivity contribution in [3.8, 4) is 0 Å². The number of anilines is 2. The van der Waals surface area contributed by atoms with E-state index in [2.05, 4.69) is 20.7 Å². The molecule has 0 fully saturated rings. The molecule has 6 nitrogen and oxygen atoms in total. The number of nitrogens with one attached hydrogen (secondary N) is 2. The van der Waals surface area contributed by atoms with Crippen LogP contribution < -0.4 is 16.6 Å². The maximum Gasteiger partial charge on any atom is 0.145 e. The zero-order valence-electron chi connectivity index (χ0n) is 8.99. The number of nitrogen functional groups attached to an aromatic ring is 1. The minimum atomic E-state index is 0.00456. The topological polar surface area (TPSA) is 96.1 Å². The third kappa shape index (κ3) is 3.34. The van der Waals surface area contributed by atoms with Crippen LogP contribution in [0.25, 0.3) is 0 Å². The largest absolute Gasteiger partial charge is 0.394 e. The quantitative estimate of drug-likeness (QED) is 0.412. The zero-order chi connectivity index (χ0) is 11.3. The van der Waals surface area contributed by atoms with Crippen LogP contribution in [0.5, 0.6) is 0 Å². The SMILES string of the molecule is CCC(CO)Nc1cc(NN)nc(C)n1. The summed E-state index contributed by atoms with van der Waals surface area (Å²) >= 11 is 0. The molecule has 0 saturated carbocycles. The number of aliphatic hydroxyl groups is 1. The lowest BCUT2D eigenvalue weighted by Crippen LogP contribution is -2.23. The molecule has 1 heterocycles. The maximum atomic E-state index is 9.04. The summed E-state index contributed by atoms with van der Waals surface area (Å²) in [5.74, 6) is 7.11. The van der Waals surface area contributed by atoms with Gasteiger partial charge >= 0.3 is 0 Å². The van der Waals surface area contributed by atoms with E-state index >= 15 is 0 Å². The molecule has 0 bridgehead atoms. The average Bonchev–Trinajstić information content (AvgIpc) is 2.25. The summed E-state index contributed by atoms with van der Waals surface area (Å²) in [7, 11) is 0. The van der Waals surface area contributed by atoms with E-state index < -0.39 is 0 Å². The summed E-state index contributed by atoms with van der Waals surface area (Å²) in [4.78, 5) is 8.25. The van der Waals surface area contributed by atoms with Gasteiger partial charge in [-0.15, -0.1) is 0 Å². The first-order valence-corrected chi connectivity index (χ1v) is 4.89. The highest BCUT2D eigenvalue weighted by molar-refractivity contribution is 5.47. The monoisotopic (exact) mass is 211 g/mol. The van der Waals surface area contributed by atoms with Crippen molar-refractivity contribution < 1.29 is 5.11 Å². The molecule has 0 radical (unpaired) electrons. The third-order valence-electron chi connectivity index (χ3n) is 2.05. The second-order valence-corrected chi connectivity index (χ2v) is 3.26. The summed E-state index contributed by atoms with van der Waals surface area (Å²) in [5.41, 5.74) is 2.46. The zero-order valence-corrected chi connectivity index (χ0v) is 8.99. The fourth-order valence-corrected chi connectivity index (χ4v) is 1.20. The van der Waals surface area contributed by atoms with E-state index in [1.54, 1.807) is 13.0 Å². The highest BCUT2D eigenvalue weighted by Gasteiger charge is 2.06. The first-order chi connectivity index (χ1) is 7.19. The Bertz CT molecular complexity index is 313. The lowest BCUT2D eigenvalue weighted by molar-refractivity contribution is 0.271. The predicted molar refractivity (Wildman–Crippen MR) is 59.4 cm³/mol. The third-order valence-corrected chi connectivity index (χ3v) is 2.05. The standard InChI is InChI=1S/C9H17N5O/c1-3-7(5-15)13-8-4-9(14-10)12-6(2)11-8/h4,7,15H,3,5,10H2,1-2H3,(H2,11,12,13,14). The Morgan fingerprint density at radius 3 is 2.67 bits per heavy atom. The molecule has 1 atom stereocenters. The summed E-state index contributed by atoms with van der Waals surface area (Å²) in [5, 5.41) is 12.1. The molecule has 84 valence electrons. The van der Waals surface area contributed by atoms with Crippen LogP contribution >= 0.6 is 0 Å². The van der Waals surface area contributed by atoms with Crippen molar-refractivity contribution in [3.63, 3.8) is 0 Å². The summed E-state index contributed by atoms with van der Waals surface area (Å²) in [6.45, 7) is 3.85. The molecular weight excluding hydrogens is 194 g/mol.